The Bertz CT molecular complexity index is 2560. The summed E-state index contributed by atoms with van der Waals surface area (Å²) < 4.78 is 0.616. The van der Waals surface area contributed by atoms with Gasteiger partial charge in [-0.2, -0.15) is 0 Å². The lowest BCUT2D eigenvalue weighted by atomic mass is 10.0. The summed E-state index contributed by atoms with van der Waals surface area (Å²) in [6.07, 6.45) is 0. The van der Waals surface area contributed by atoms with Crippen molar-refractivity contribution in [2.75, 3.05) is 16.3 Å². The van der Waals surface area contributed by atoms with Crippen LogP contribution in [0.1, 0.15) is 18.1 Å². The molecule has 6 aromatic carbocycles. The lowest BCUT2D eigenvalue weighted by Crippen LogP contribution is -2.27. The van der Waals surface area contributed by atoms with Gasteiger partial charge < -0.3 is 9.80 Å². The molecular formula is C50H35N3OS4. The maximum atomic E-state index is 13.9. The van der Waals surface area contributed by atoms with E-state index in [0.29, 0.717) is 15.8 Å². The zero-order valence-corrected chi connectivity index (χ0v) is 34.7. The number of nitrogens with zero attached hydrogens (tertiary/aromatic N) is 3. The van der Waals surface area contributed by atoms with Crippen LogP contribution in [-0.4, -0.2) is 21.7 Å². The van der Waals surface area contributed by atoms with Crippen LogP contribution in [0.25, 0.3) is 36.2 Å². The lowest BCUT2D eigenvalue weighted by molar-refractivity contribution is -0.122. The number of benzene rings is 6. The van der Waals surface area contributed by atoms with E-state index in [4.69, 9.17) is 12.2 Å². The van der Waals surface area contributed by atoms with E-state index in [0.717, 1.165) is 71.7 Å². The van der Waals surface area contributed by atoms with Crippen LogP contribution in [0.5, 0.6) is 0 Å². The molecular weight excluding hydrogens is 787 g/mol. The summed E-state index contributed by atoms with van der Waals surface area (Å²) in [6.45, 7) is 2.53. The van der Waals surface area contributed by atoms with Gasteiger partial charge in [-0.15, -0.1) is 22.7 Å². The number of hydrogen-bond donors (Lipinski definition) is 0. The molecule has 10 rings (SSSR count). The minimum absolute atomic E-state index is 0.00987. The third-order valence-corrected chi connectivity index (χ3v) is 14.5. The van der Waals surface area contributed by atoms with E-state index in [2.05, 4.69) is 168 Å². The number of likely N-dealkylation sites (N-methyl/N-ethyl adjacent to an activating group) is 1. The van der Waals surface area contributed by atoms with E-state index >= 15 is 0 Å². The number of thiophene rings is 2. The molecule has 1 amide bonds. The van der Waals surface area contributed by atoms with Crippen molar-refractivity contribution >= 4 is 96.6 Å². The van der Waals surface area contributed by atoms with Gasteiger partial charge in [0.05, 0.1) is 14.7 Å². The third kappa shape index (κ3) is 6.48. The molecule has 0 spiro atoms. The zero-order valence-electron chi connectivity index (χ0n) is 31.4. The molecule has 0 atom stereocenters. The highest BCUT2D eigenvalue weighted by atomic mass is 32.2. The van der Waals surface area contributed by atoms with Gasteiger partial charge in [0.25, 0.3) is 5.91 Å². The van der Waals surface area contributed by atoms with Gasteiger partial charge in [0, 0.05) is 67.1 Å². The molecule has 2 aromatic heterocycles. The highest BCUT2D eigenvalue weighted by Crippen LogP contribution is 2.58. The second-order valence-corrected chi connectivity index (χ2v) is 17.7. The molecule has 280 valence electrons. The van der Waals surface area contributed by atoms with Crippen molar-refractivity contribution in [3.63, 3.8) is 0 Å². The molecule has 3 heterocycles. The molecule has 2 aliphatic rings. The number of thioether (sulfide) groups is 1. The fourth-order valence-electron chi connectivity index (χ4n) is 7.74. The van der Waals surface area contributed by atoms with Gasteiger partial charge in [0.1, 0.15) is 4.32 Å². The Balaban J connectivity index is 1.03. The van der Waals surface area contributed by atoms with Crippen molar-refractivity contribution in [2.24, 2.45) is 0 Å². The topological polar surface area (TPSA) is 26.8 Å². The van der Waals surface area contributed by atoms with E-state index in [-0.39, 0.29) is 5.91 Å². The number of fused-ring (bicyclic) bond motifs is 3. The number of hydrogen-bond acceptors (Lipinski definition) is 7. The number of carbonyl (C=O) groups excluding carboxylic acids is 1. The second kappa shape index (κ2) is 15.4. The Morgan fingerprint density at radius 1 is 0.500 bits per heavy atom. The van der Waals surface area contributed by atoms with Crippen LogP contribution < -0.4 is 9.80 Å². The van der Waals surface area contributed by atoms with E-state index < -0.39 is 0 Å². The molecule has 8 aromatic rings. The average molecular weight is 822 g/mol. The number of thiocarbonyl (C=S) groups is 1. The third-order valence-electron chi connectivity index (χ3n) is 10.5. The van der Waals surface area contributed by atoms with Crippen LogP contribution in [0.3, 0.4) is 0 Å². The van der Waals surface area contributed by atoms with Crippen molar-refractivity contribution in [2.45, 2.75) is 6.92 Å². The van der Waals surface area contributed by atoms with Gasteiger partial charge in [-0.25, -0.2) is 0 Å². The molecule has 0 N–H and O–H groups in total. The van der Waals surface area contributed by atoms with Crippen molar-refractivity contribution in [1.29, 1.82) is 0 Å². The van der Waals surface area contributed by atoms with Crippen molar-refractivity contribution in [3.8, 4) is 30.6 Å². The predicted octanol–water partition coefficient (Wildman–Crippen LogP) is 14.7. The van der Waals surface area contributed by atoms with Crippen LogP contribution in [0.4, 0.5) is 34.1 Å². The maximum absolute atomic E-state index is 13.9. The largest absolute Gasteiger partial charge is 0.311 e. The molecule has 8 heteroatoms. The molecule has 1 aliphatic carbocycles. The van der Waals surface area contributed by atoms with Crippen LogP contribution in [-0.2, 0) is 4.79 Å². The Kier molecular flexibility index (Phi) is 9.63. The summed E-state index contributed by atoms with van der Waals surface area (Å²) in [5.41, 5.74) is 12.1. The lowest BCUT2D eigenvalue weighted by Gasteiger charge is -2.25. The summed E-state index contributed by atoms with van der Waals surface area (Å²) >= 11 is 10.7. The Labute approximate surface area is 356 Å². The smallest absolute Gasteiger partial charge is 0.266 e. The summed E-state index contributed by atoms with van der Waals surface area (Å²) in [7, 11) is 0. The average Bonchev–Trinajstić information content (AvgIpc) is 4.03. The number of anilines is 6. The first-order chi connectivity index (χ1) is 28.6. The van der Waals surface area contributed by atoms with Crippen molar-refractivity contribution in [1.82, 2.24) is 4.90 Å². The highest BCUT2D eigenvalue weighted by molar-refractivity contribution is 8.26. The predicted molar refractivity (Wildman–Crippen MR) is 251 cm³/mol. The molecule has 0 radical (unpaired) electrons. The Morgan fingerprint density at radius 3 is 1.17 bits per heavy atom. The van der Waals surface area contributed by atoms with E-state index in [9.17, 15) is 4.79 Å². The summed E-state index contributed by atoms with van der Waals surface area (Å²) in [4.78, 5) is 25.7. The van der Waals surface area contributed by atoms with Gasteiger partial charge in [-0.3, -0.25) is 9.69 Å². The van der Waals surface area contributed by atoms with Gasteiger partial charge in [-0.1, -0.05) is 121 Å². The fraction of sp³-hybridized carbons (Fsp3) is 0.0400. The minimum Gasteiger partial charge on any atom is -0.311 e. The highest BCUT2D eigenvalue weighted by Gasteiger charge is 2.39. The van der Waals surface area contributed by atoms with E-state index in [1.54, 1.807) is 27.6 Å². The van der Waals surface area contributed by atoms with Crippen LogP contribution in [0, 0.1) is 0 Å². The first-order valence-electron chi connectivity index (χ1n) is 19.1. The number of rotatable bonds is 9. The molecule has 1 aliphatic heterocycles. The number of para-hydroxylation sites is 4. The molecule has 0 bridgehead atoms. The quantitative estimate of drug-likeness (QED) is 0.107. The van der Waals surface area contributed by atoms with Gasteiger partial charge in [0.2, 0.25) is 0 Å². The molecule has 0 saturated carbocycles. The first kappa shape index (κ1) is 36.3. The summed E-state index contributed by atoms with van der Waals surface area (Å²) in [6, 6.07) is 64.0. The van der Waals surface area contributed by atoms with Crippen LogP contribution >= 0.6 is 46.7 Å². The van der Waals surface area contributed by atoms with E-state index in [1.807, 2.05) is 31.2 Å². The van der Waals surface area contributed by atoms with Crippen molar-refractivity contribution in [3.05, 3.63) is 198 Å². The Morgan fingerprint density at radius 2 is 0.845 bits per heavy atom. The molecule has 58 heavy (non-hydrogen) atoms. The maximum Gasteiger partial charge on any atom is 0.266 e. The molecule has 0 unspecified atom stereocenters. The van der Waals surface area contributed by atoms with Crippen LogP contribution in [0.2, 0.25) is 0 Å². The number of amides is 1. The monoisotopic (exact) mass is 821 g/mol. The standard InChI is InChI=1S/C50H35N3OS4/c1-2-51-49(54)48(58-50(51)55)45-41-31-43(33-23-27-39(28-24-33)52(35-15-7-3-8-16-35)36-17-9-4-10-18-36)56-46(41)47-42(45)32-44(57-47)34-25-29-40(30-26-34)53(37-19-11-5-12-20-37)38-21-13-6-14-22-38/h3-32H,2H2,1H3. The molecule has 1 saturated heterocycles. The normalized spacial score (nSPS) is 13.2. The number of carbonyl (C=O) groups is 1. The molecule has 1 fully saturated rings. The zero-order chi connectivity index (χ0) is 39.2. The molecule has 4 nitrogen and oxygen atoms in total. The van der Waals surface area contributed by atoms with Gasteiger partial charge in [0.15, 0.2) is 0 Å². The van der Waals surface area contributed by atoms with Crippen molar-refractivity contribution < 1.29 is 4.79 Å². The minimum atomic E-state index is -0.00987. The van der Waals surface area contributed by atoms with Gasteiger partial charge >= 0.3 is 0 Å². The van der Waals surface area contributed by atoms with Crippen LogP contribution in [0.15, 0.2) is 187 Å². The summed E-state index contributed by atoms with van der Waals surface area (Å²) in [5.74, 6) is -0.00987. The van der Waals surface area contributed by atoms with Gasteiger partial charge in [-0.05, 0) is 103 Å². The Hall–Kier alpha value is -6.03. The second-order valence-electron chi connectivity index (χ2n) is 13.9. The SMILES string of the molecule is CCN1C(=O)C(=C2c3cc(-c4ccc(N(c5ccccc5)c5ccccc5)cc4)sc3-c3sc(-c4ccc(N(c5ccccc5)c5ccccc5)cc4)cc32)SC1=S. The summed E-state index contributed by atoms with van der Waals surface area (Å²) in [5, 5.41) is 0. The fourth-order valence-corrected chi connectivity index (χ4v) is 11.7. The first-order valence-corrected chi connectivity index (χ1v) is 22.0. The van der Waals surface area contributed by atoms with E-state index in [1.165, 1.54) is 21.5 Å².